The van der Waals surface area contributed by atoms with Crippen molar-refractivity contribution in [2.75, 3.05) is 17.3 Å². The number of anilines is 1. The molecular formula is C28H30N4O2S2. The Morgan fingerprint density at radius 1 is 0.972 bits per heavy atom. The van der Waals surface area contributed by atoms with Gasteiger partial charge in [0.05, 0.1) is 5.75 Å². The fourth-order valence-corrected chi connectivity index (χ4v) is 4.89. The lowest BCUT2D eigenvalue weighted by atomic mass is 10.0. The van der Waals surface area contributed by atoms with E-state index in [1.807, 2.05) is 84.5 Å². The molecule has 0 saturated carbocycles. The number of thioether (sulfide) groups is 2. The number of nitrogens with zero attached hydrogens (tertiary/aromatic N) is 3. The minimum Gasteiger partial charge on any atom is -0.483 e. The van der Waals surface area contributed by atoms with Crippen molar-refractivity contribution in [2.24, 2.45) is 0 Å². The van der Waals surface area contributed by atoms with Gasteiger partial charge in [-0.1, -0.05) is 62.0 Å². The van der Waals surface area contributed by atoms with Crippen molar-refractivity contribution < 1.29 is 9.53 Å². The Kier molecular flexibility index (Phi) is 8.72. The average Bonchev–Trinajstić information content (AvgIpc) is 3.32. The van der Waals surface area contributed by atoms with E-state index in [0.29, 0.717) is 16.9 Å². The monoisotopic (exact) mass is 518 g/mol. The van der Waals surface area contributed by atoms with Crippen LogP contribution in [0.2, 0.25) is 0 Å². The molecule has 8 heteroatoms. The van der Waals surface area contributed by atoms with E-state index in [1.54, 1.807) is 11.8 Å². The van der Waals surface area contributed by atoms with Crippen LogP contribution in [-0.2, 0) is 4.79 Å². The molecule has 0 radical (unpaired) electrons. The van der Waals surface area contributed by atoms with Gasteiger partial charge >= 0.3 is 0 Å². The molecule has 1 aromatic heterocycles. The number of hydrogen-bond donors (Lipinski definition) is 1. The Morgan fingerprint density at radius 2 is 1.72 bits per heavy atom. The van der Waals surface area contributed by atoms with Gasteiger partial charge < -0.3 is 10.1 Å². The van der Waals surface area contributed by atoms with E-state index in [9.17, 15) is 4.79 Å². The molecule has 0 aliphatic rings. The zero-order valence-electron chi connectivity index (χ0n) is 20.8. The van der Waals surface area contributed by atoms with Gasteiger partial charge in [0.1, 0.15) is 5.75 Å². The Bertz CT molecular complexity index is 1290. The molecule has 36 heavy (non-hydrogen) atoms. The topological polar surface area (TPSA) is 69.0 Å². The van der Waals surface area contributed by atoms with Crippen LogP contribution >= 0.6 is 23.5 Å². The summed E-state index contributed by atoms with van der Waals surface area (Å²) in [4.78, 5) is 13.8. The smallest absolute Gasteiger partial charge is 0.234 e. The van der Waals surface area contributed by atoms with Crippen molar-refractivity contribution in [3.63, 3.8) is 0 Å². The second-order valence-electron chi connectivity index (χ2n) is 8.56. The standard InChI is InChI=1S/C28H30N4O2S2/c1-19(2)21-13-15-24(16-14-21)34-20(3)27-30-31-28(32(27)23-10-6-5-7-11-23)36-18-26(33)29-22-9-8-12-25(17-22)35-4/h5-17,19-20H,18H2,1-4H3,(H,29,33). The van der Waals surface area contributed by atoms with Gasteiger partial charge in [0, 0.05) is 16.3 Å². The maximum Gasteiger partial charge on any atom is 0.234 e. The lowest BCUT2D eigenvalue weighted by molar-refractivity contribution is -0.113. The van der Waals surface area contributed by atoms with Gasteiger partial charge in [0.2, 0.25) is 5.91 Å². The van der Waals surface area contributed by atoms with Crippen molar-refractivity contribution in [1.82, 2.24) is 14.8 Å². The molecule has 0 fully saturated rings. The summed E-state index contributed by atoms with van der Waals surface area (Å²) in [7, 11) is 0. The molecule has 1 heterocycles. The highest BCUT2D eigenvalue weighted by Crippen LogP contribution is 2.29. The lowest BCUT2D eigenvalue weighted by Crippen LogP contribution is -2.15. The van der Waals surface area contributed by atoms with Crippen molar-refractivity contribution in [3.05, 3.63) is 90.3 Å². The highest BCUT2D eigenvalue weighted by molar-refractivity contribution is 7.99. The van der Waals surface area contributed by atoms with Gasteiger partial charge in [0.15, 0.2) is 17.1 Å². The van der Waals surface area contributed by atoms with Crippen LogP contribution in [0.3, 0.4) is 0 Å². The molecule has 3 aromatic carbocycles. The normalized spacial score (nSPS) is 11.9. The number of hydrogen-bond acceptors (Lipinski definition) is 6. The first-order valence-electron chi connectivity index (χ1n) is 11.8. The molecule has 1 amide bonds. The Morgan fingerprint density at radius 3 is 2.42 bits per heavy atom. The summed E-state index contributed by atoms with van der Waals surface area (Å²) in [5.74, 6) is 2.02. The summed E-state index contributed by atoms with van der Waals surface area (Å²) in [6, 6.07) is 25.8. The van der Waals surface area contributed by atoms with Crippen molar-refractivity contribution in [2.45, 2.75) is 42.8 Å². The zero-order valence-corrected chi connectivity index (χ0v) is 22.5. The van der Waals surface area contributed by atoms with Crippen LogP contribution in [0.25, 0.3) is 5.69 Å². The van der Waals surface area contributed by atoms with Crippen molar-refractivity contribution >= 4 is 35.1 Å². The average molecular weight is 519 g/mol. The molecule has 6 nitrogen and oxygen atoms in total. The van der Waals surface area contributed by atoms with E-state index in [1.165, 1.54) is 17.3 Å². The zero-order chi connectivity index (χ0) is 25.5. The minimum absolute atomic E-state index is 0.100. The van der Waals surface area contributed by atoms with Gasteiger partial charge in [0.25, 0.3) is 0 Å². The number of amides is 1. The number of rotatable bonds is 10. The Hall–Kier alpha value is -3.23. The third-order valence-electron chi connectivity index (χ3n) is 5.58. The van der Waals surface area contributed by atoms with Crippen molar-refractivity contribution in [1.29, 1.82) is 0 Å². The molecule has 0 aliphatic heterocycles. The van der Waals surface area contributed by atoms with Crippen LogP contribution in [0.5, 0.6) is 5.75 Å². The third kappa shape index (κ3) is 6.50. The largest absolute Gasteiger partial charge is 0.483 e. The molecule has 0 spiro atoms. The summed E-state index contributed by atoms with van der Waals surface area (Å²) >= 11 is 2.98. The predicted molar refractivity (Wildman–Crippen MR) is 149 cm³/mol. The van der Waals surface area contributed by atoms with Crippen LogP contribution in [0.1, 0.15) is 44.2 Å². The second-order valence-corrected chi connectivity index (χ2v) is 10.4. The number of nitrogens with one attached hydrogen (secondary N) is 1. The quantitative estimate of drug-likeness (QED) is 0.228. The van der Waals surface area contributed by atoms with E-state index >= 15 is 0 Å². The summed E-state index contributed by atoms with van der Waals surface area (Å²) in [6.45, 7) is 6.29. The number of carbonyl (C=O) groups is 1. The molecule has 4 aromatic rings. The maximum absolute atomic E-state index is 12.7. The van der Waals surface area contributed by atoms with Gasteiger partial charge in [-0.15, -0.1) is 22.0 Å². The van der Waals surface area contributed by atoms with Gasteiger partial charge in [-0.2, -0.15) is 0 Å². The highest BCUT2D eigenvalue weighted by atomic mass is 32.2. The third-order valence-corrected chi connectivity index (χ3v) is 7.24. The molecule has 1 N–H and O–H groups in total. The number of ether oxygens (including phenoxy) is 1. The van der Waals surface area contributed by atoms with Crippen LogP contribution in [-0.4, -0.2) is 32.7 Å². The second kappa shape index (κ2) is 12.1. The fourth-order valence-electron chi connectivity index (χ4n) is 3.67. The van der Waals surface area contributed by atoms with E-state index in [0.717, 1.165) is 22.0 Å². The fraction of sp³-hybridized carbons (Fsp3) is 0.250. The number of para-hydroxylation sites is 1. The number of benzene rings is 3. The van der Waals surface area contributed by atoms with Crippen LogP contribution < -0.4 is 10.1 Å². The molecule has 0 saturated heterocycles. The van der Waals surface area contributed by atoms with Gasteiger partial charge in [-0.3, -0.25) is 9.36 Å². The molecule has 1 atom stereocenters. The molecular weight excluding hydrogens is 488 g/mol. The number of carbonyl (C=O) groups excluding carboxylic acids is 1. The molecule has 0 aliphatic carbocycles. The summed E-state index contributed by atoms with van der Waals surface area (Å²) in [5, 5.41) is 12.5. The minimum atomic E-state index is -0.347. The first-order valence-corrected chi connectivity index (χ1v) is 14.0. The van der Waals surface area contributed by atoms with Crippen LogP contribution in [0.4, 0.5) is 5.69 Å². The van der Waals surface area contributed by atoms with E-state index in [-0.39, 0.29) is 17.8 Å². The lowest BCUT2D eigenvalue weighted by Gasteiger charge is -2.17. The maximum atomic E-state index is 12.7. The SMILES string of the molecule is CSc1cccc(NC(=O)CSc2nnc(C(C)Oc3ccc(C(C)C)cc3)n2-c2ccccc2)c1. The van der Waals surface area contributed by atoms with E-state index < -0.39 is 0 Å². The predicted octanol–water partition coefficient (Wildman–Crippen LogP) is 6.98. The Labute approximate surface area is 220 Å². The first kappa shape index (κ1) is 25.9. The molecule has 4 rings (SSSR count). The molecule has 0 bridgehead atoms. The Balaban J connectivity index is 1.51. The highest BCUT2D eigenvalue weighted by Gasteiger charge is 2.22. The molecule has 1 unspecified atom stereocenters. The van der Waals surface area contributed by atoms with Crippen LogP contribution in [0.15, 0.2) is 88.9 Å². The van der Waals surface area contributed by atoms with Gasteiger partial charge in [-0.05, 0) is 67.1 Å². The van der Waals surface area contributed by atoms with E-state index in [2.05, 4.69) is 41.5 Å². The van der Waals surface area contributed by atoms with Crippen LogP contribution in [0, 0.1) is 0 Å². The van der Waals surface area contributed by atoms with Gasteiger partial charge in [-0.25, -0.2) is 0 Å². The first-order chi connectivity index (χ1) is 17.4. The summed E-state index contributed by atoms with van der Waals surface area (Å²) < 4.78 is 8.18. The number of aromatic nitrogens is 3. The molecule has 186 valence electrons. The summed E-state index contributed by atoms with van der Waals surface area (Å²) in [6.07, 6.45) is 1.66. The van der Waals surface area contributed by atoms with E-state index in [4.69, 9.17) is 4.74 Å². The van der Waals surface area contributed by atoms with Crippen molar-refractivity contribution in [3.8, 4) is 11.4 Å². The summed E-state index contributed by atoms with van der Waals surface area (Å²) in [5.41, 5.74) is 2.96.